The number of hydrogen-bond donors (Lipinski definition) is 1. The molecule has 2 saturated heterocycles. The lowest BCUT2D eigenvalue weighted by molar-refractivity contribution is -0.00521. The Morgan fingerprint density at radius 1 is 1.08 bits per heavy atom. The van der Waals surface area contributed by atoms with Crippen molar-refractivity contribution in [2.75, 3.05) is 41.7 Å². The lowest BCUT2D eigenvalue weighted by Crippen LogP contribution is -2.45. The third kappa shape index (κ3) is 3.02. The van der Waals surface area contributed by atoms with Gasteiger partial charge in [-0.2, -0.15) is 4.98 Å². The highest BCUT2D eigenvalue weighted by Gasteiger charge is 2.25. The molecular weight excluding hydrogens is 322 g/mol. The highest BCUT2D eigenvalue weighted by molar-refractivity contribution is 7.22. The minimum absolute atomic E-state index is 0.225. The van der Waals surface area contributed by atoms with Gasteiger partial charge in [0.05, 0.1) is 22.6 Å². The second-order valence-electron chi connectivity index (χ2n) is 6.93. The van der Waals surface area contributed by atoms with Gasteiger partial charge in [-0.25, -0.2) is 4.98 Å². The quantitative estimate of drug-likeness (QED) is 0.901. The van der Waals surface area contributed by atoms with Crippen molar-refractivity contribution in [1.29, 1.82) is 0 Å². The lowest BCUT2D eigenvalue weighted by atomic mass is 10.1. The number of nitrogens with two attached hydrogens (primary N) is 1. The van der Waals surface area contributed by atoms with E-state index in [4.69, 9.17) is 20.4 Å². The van der Waals surface area contributed by atoms with Crippen LogP contribution in [0.15, 0.2) is 6.07 Å². The van der Waals surface area contributed by atoms with Crippen molar-refractivity contribution < 1.29 is 4.74 Å². The monoisotopic (exact) mass is 347 g/mol. The van der Waals surface area contributed by atoms with Gasteiger partial charge in [-0.05, 0) is 39.2 Å². The van der Waals surface area contributed by atoms with E-state index in [9.17, 15) is 0 Å². The van der Waals surface area contributed by atoms with Gasteiger partial charge in [0, 0.05) is 26.2 Å². The van der Waals surface area contributed by atoms with E-state index >= 15 is 0 Å². The first-order valence-electron chi connectivity index (χ1n) is 8.82. The molecular formula is C17H25N5OS. The number of fused-ring (bicyclic) bond motifs is 1. The standard InChI is InChI=1S/C17H25N5OS/c1-11-9-22(10-12(2)23-11)17-20-15-14(24-17)8-13(18)16(19-15)21-6-4-3-5-7-21/h8,11-12H,3-7,9-10,18H2,1-2H3/t11-,12+. The Labute approximate surface area is 146 Å². The van der Waals surface area contributed by atoms with Crippen LogP contribution < -0.4 is 15.5 Å². The van der Waals surface area contributed by atoms with Crippen LogP contribution in [0.4, 0.5) is 16.6 Å². The normalized spacial score (nSPS) is 25.4. The van der Waals surface area contributed by atoms with Gasteiger partial charge < -0.3 is 20.3 Å². The van der Waals surface area contributed by atoms with E-state index in [0.29, 0.717) is 0 Å². The van der Waals surface area contributed by atoms with Crippen LogP contribution in [0.1, 0.15) is 33.1 Å². The summed E-state index contributed by atoms with van der Waals surface area (Å²) in [4.78, 5) is 14.2. The van der Waals surface area contributed by atoms with Gasteiger partial charge in [0.15, 0.2) is 16.6 Å². The molecule has 4 heterocycles. The van der Waals surface area contributed by atoms with Crippen molar-refractivity contribution in [3.05, 3.63) is 6.07 Å². The summed E-state index contributed by atoms with van der Waals surface area (Å²) in [5.41, 5.74) is 7.87. The van der Waals surface area contributed by atoms with Gasteiger partial charge in [0.2, 0.25) is 0 Å². The van der Waals surface area contributed by atoms with Crippen molar-refractivity contribution in [1.82, 2.24) is 9.97 Å². The maximum Gasteiger partial charge on any atom is 0.188 e. The summed E-state index contributed by atoms with van der Waals surface area (Å²) >= 11 is 1.68. The van der Waals surface area contributed by atoms with E-state index in [2.05, 4.69) is 23.6 Å². The molecule has 2 aromatic heterocycles. The molecule has 0 bridgehead atoms. The third-order valence-electron chi connectivity index (χ3n) is 4.73. The molecule has 0 radical (unpaired) electrons. The van der Waals surface area contributed by atoms with Crippen molar-refractivity contribution in [3.63, 3.8) is 0 Å². The Bertz CT molecular complexity index is 717. The van der Waals surface area contributed by atoms with Crippen molar-refractivity contribution in [2.24, 2.45) is 0 Å². The predicted octanol–water partition coefficient (Wildman–Crippen LogP) is 2.88. The third-order valence-corrected chi connectivity index (χ3v) is 5.78. The number of pyridine rings is 1. The summed E-state index contributed by atoms with van der Waals surface area (Å²) in [6, 6.07) is 2.04. The first-order chi connectivity index (χ1) is 11.6. The number of rotatable bonds is 2. The number of morpholine rings is 1. The van der Waals surface area contributed by atoms with Crippen LogP contribution in [0.25, 0.3) is 10.3 Å². The van der Waals surface area contributed by atoms with E-state index in [-0.39, 0.29) is 12.2 Å². The molecule has 0 unspecified atom stereocenters. The highest BCUT2D eigenvalue weighted by atomic mass is 32.1. The molecule has 2 fully saturated rings. The molecule has 7 heteroatoms. The fourth-order valence-electron chi connectivity index (χ4n) is 3.69. The predicted molar refractivity (Wildman–Crippen MR) is 100 cm³/mol. The van der Waals surface area contributed by atoms with Gasteiger partial charge in [-0.3, -0.25) is 0 Å². The van der Waals surface area contributed by atoms with Crippen LogP contribution in [0, 0.1) is 0 Å². The van der Waals surface area contributed by atoms with Crippen LogP contribution in [-0.2, 0) is 4.74 Å². The van der Waals surface area contributed by atoms with Gasteiger partial charge in [-0.1, -0.05) is 11.3 Å². The minimum Gasteiger partial charge on any atom is -0.396 e. The van der Waals surface area contributed by atoms with E-state index in [1.165, 1.54) is 19.3 Å². The molecule has 2 N–H and O–H groups in total. The first kappa shape index (κ1) is 15.9. The lowest BCUT2D eigenvalue weighted by Gasteiger charge is -2.35. The van der Waals surface area contributed by atoms with Gasteiger partial charge in [0.1, 0.15) is 0 Å². The summed E-state index contributed by atoms with van der Waals surface area (Å²) < 4.78 is 6.89. The van der Waals surface area contributed by atoms with Crippen LogP contribution in [0.5, 0.6) is 0 Å². The number of anilines is 3. The molecule has 0 aromatic carbocycles. The van der Waals surface area contributed by atoms with E-state index in [0.717, 1.165) is 53.2 Å². The van der Waals surface area contributed by atoms with Crippen LogP contribution in [0.2, 0.25) is 0 Å². The van der Waals surface area contributed by atoms with Crippen molar-refractivity contribution in [2.45, 2.75) is 45.3 Å². The number of hydrogen-bond acceptors (Lipinski definition) is 7. The summed E-state index contributed by atoms with van der Waals surface area (Å²) in [7, 11) is 0. The summed E-state index contributed by atoms with van der Waals surface area (Å²) in [6.45, 7) is 8.05. The maximum absolute atomic E-state index is 6.29. The number of ether oxygens (including phenoxy) is 1. The molecule has 2 aliphatic rings. The molecule has 0 saturated carbocycles. The molecule has 4 rings (SSSR count). The zero-order valence-electron chi connectivity index (χ0n) is 14.4. The maximum atomic E-state index is 6.29. The number of piperidine rings is 1. The van der Waals surface area contributed by atoms with Gasteiger partial charge in [0.25, 0.3) is 0 Å². The van der Waals surface area contributed by atoms with Crippen LogP contribution in [-0.4, -0.2) is 48.4 Å². The van der Waals surface area contributed by atoms with E-state index in [1.54, 1.807) is 11.3 Å². The molecule has 2 aliphatic heterocycles. The Balaban J connectivity index is 1.65. The van der Waals surface area contributed by atoms with Crippen molar-refractivity contribution >= 4 is 38.3 Å². The Kier molecular flexibility index (Phi) is 4.22. The smallest absolute Gasteiger partial charge is 0.188 e. The average molecular weight is 347 g/mol. The molecule has 2 atom stereocenters. The van der Waals surface area contributed by atoms with E-state index < -0.39 is 0 Å². The second-order valence-corrected chi connectivity index (χ2v) is 7.94. The molecule has 130 valence electrons. The van der Waals surface area contributed by atoms with Crippen LogP contribution in [0.3, 0.4) is 0 Å². The Morgan fingerprint density at radius 2 is 1.79 bits per heavy atom. The number of nitrogen functional groups attached to an aromatic ring is 1. The second kappa shape index (κ2) is 6.37. The first-order valence-corrected chi connectivity index (χ1v) is 9.64. The fraction of sp³-hybridized carbons (Fsp3) is 0.647. The van der Waals surface area contributed by atoms with Gasteiger partial charge >= 0.3 is 0 Å². The zero-order chi connectivity index (χ0) is 16.7. The SMILES string of the molecule is C[C@@H]1CN(c2nc3nc(N4CCCCC4)c(N)cc3s2)C[C@H](C)O1. The molecule has 6 nitrogen and oxygen atoms in total. The molecule has 24 heavy (non-hydrogen) atoms. The summed E-state index contributed by atoms with van der Waals surface area (Å²) in [5.74, 6) is 0.905. The zero-order valence-corrected chi connectivity index (χ0v) is 15.2. The molecule has 0 spiro atoms. The summed E-state index contributed by atoms with van der Waals surface area (Å²) in [6.07, 6.45) is 4.17. The molecule has 0 amide bonds. The molecule has 2 aromatic rings. The molecule has 0 aliphatic carbocycles. The summed E-state index contributed by atoms with van der Waals surface area (Å²) in [5, 5.41) is 1.02. The fourth-order valence-corrected chi connectivity index (χ4v) is 4.66. The average Bonchev–Trinajstić information content (AvgIpc) is 2.97. The van der Waals surface area contributed by atoms with Gasteiger partial charge in [-0.15, -0.1) is 0 Å². The van der Waals surface area contributed by atoms with Crippen LogP contribution >= 0.6 is 11.3 Å². The Hall–Kier alpha value is -1.60. The topological polar surface area (TPSA) is 67.5 Å². The number of nitrogens with zero attached hydrogens (tertiary/aromatic N) is 4. The minimum atomic E-state index is 0.225. The number of aromatic nitrogens is 2. The Morgan fingerprint density at radius 3 is 2.50 bits per heavy atom. The largest absolute Gasteiger partial charge is 0.396 e. The van der Waals surface area contributed by atoms with Crippen molar-refractivity contribution in [3.8, 4) is 0 Å². The highest BCUT2D eigenvalue weighted by Crippen LogP contribution is 2.34. The van der Waals surface area contributed by atoms with E-state index in [1.807, 2.05) is 6.07 Å². The number of thiazole rings is 1.